The van der Waals surface area contributed by atoms with Crippen molar-refractivity contribution in [2.45, 2.75) is 93.3 Å². The van der Waals surface area contributed by atoms with Crippen LogP contribution in [0.5, 0.6) is 0 Å². The maximum absolute atomic E-state index is 11.6. The molecule has 0 radical (unpaired) electrons. The van der Waals surface area contributed by atoms with Crippen molar-refractivity contribution < 1.29 is 33.9 Å². The lowest BCUT2D eigenvalue weighted by Crippen LogP contribution is -2.52. The number of likely N-dealkylation sites (N-methyl/N-ethyl adjacent to an activating group) is 6. The van der Waals surface area contributed by atoms with Gasteiger partial charge in [-0.3, -0.25) is 24.0 Å². The highest BCUT2D eigenvalue weighted by Gasteiger charge is 2.35. The van der Waals surface area contributed by atoms with Gasteiger partial charge in [-0.15, -0.1) is 0 Å². The molecule has 0 rings (SSSR count). The van der Waals surface area contributed by atoms with Crippen molar-refractivity contribution in [1.29, 1.82) is 0 Å². The van der Waals surface area contributed by atoms with E-state index >= 15 is 0 Å². The first-order valence-corrected chi connectivity index (χ1v) is 14.2. The first-order valence-electron chi connectivity index (χ1n) is 14.2. The minimum absolute atomic E-state index is 0. The van der Waals surface area contributed by atoms with Crippen LogP contribution in [0.25, 0.3) is 0 Å². The van der Waals surface area contributed by atoms with Crippen molar-refractivity contribution in [3.63, 3.8) is 0 Å². The Morgan fingerprint density at radius 3 is 1.02 bits per heavy atom. The molecule has 0 heterocycles. The third kappa shape index (κ3) is 18.0. The van der Waals surface area contributed by atoms with Crippen LogP contribution < -0.4 is 5.32 Å². The SMILES string of the molecule is C.CC.CC(=O)C(C)(C)N(C)C(=O)CN(C)C.CN(C)CC(=O)N(C)C(C)(C)C(=O)O.CNCC(=O)N(C)C(C)(C)C(C)=O. The summed E-state index contributed by atoms with van der Waals surface area (Å²) in [7, 11) is 13.7. The van der Waals surface area contributed by atoms with Crippen molar-refractivity contribution >= 4 is 35.3 Å². The number of Topliss-reactive ketones (excluding diaryl/α,β-unsaturated/α-hetero) is 2. The smallest absolute Gasteiger partial charge is 0.329 e. The predicted octanol–water partition coefficient (Wildman–Crippen LogP) is 1.94. The van der Waals surface area contributed by atoms with Crippen LogP contribution in [0, 0.1) is 0 Å². The fraction of sp³-hybridized carbons (Fsp3) is 0.806. The summed E-state index contributed by atoms with van der Waals surface area (Å²) in [5.41, 5.74) is -2.59. The van der Waals surface area contributed by atoms with E-state index in [9.17, 15) is 28.8 Å². The highest BCUT2D eigenvalue weighted by Crippen LogP contribution is 2.14. The maximum Gasteiger partial charge on any atom is 0.329 e. The number of hydrogen-bond donors (Lipinski definition) is 2. The van der Waals surface area contributed by atoms with Crippen molar-refractivity contribution in [1.82, 2.24) is 29.8 Å². The average Bonchev–Trinajstić information content (AvgIpc) is 2.88. The number of carboxylic acids is 1. The summed E-state index contributed by atoms with van der Waals surface area (Å²) < 4.78 is 0. The highest BCUT2D eigenvalue weighted by atomic mass is 16.4. The van der Waals surface area contributed by atoms with Crippen LogP contribution in [0.2, 0.25) is 0 Å². The summed E-state index contributed by atoms with van der Waals surface area (Å²) >= 11 is 0. The molecule has 0 aromatic carbocycles. The first-order chi connectivity index (χ1) is 19.2. The van der Waals surface area contributed by atoms with E-state index in [0.29, 0.717) is 6.54 Å². The number of carbonyl (C=O) groups is 6. The quantitative estimate of drug-likeness (QED) is 0.326. The van der Waals surface area contributed by atoms with Crippen molar-refractivity contribution in [2.75, 3.05) is 76.0 Å². The third-order valence-electron chi connectivity index (χ3n) is 7.12. The topological polar surface area (TPSA) is 151 Å². The fourth-order valence-electron chi connectivity index (χ4n) is 2.57. The van der Waals surface area contributed by atoms with Gasteiger partial charge in [-0.1, -0.05) is 21.3 Å². The Morgan fingerprint density at radius 1 is 0.568 bits per heavy atom. The van der Waals surface area contributed by atoms with Crippen LogP contribution in [0.4, 0.5) is 0 Å². The molecule has 44 heavy (non-hydrogen) atoms. The minimum atomic E-state index is -1.16. The van der Waals surface area contributed by atoms with Gasteiger partial charge in [0.15, 0.2) is 11.6 Å². The van der Waals surface area contributed by atoms with Crippen molar-refractivity contribution in [2.24, 2.45) is 0 Å². The molecule has 0 atom stereocenters. The standard InChI is InChI=1S/C10H20N2O2.C9H18N2O3.C9H18N2O2.C2H6.CH4/c1-8(13)10(2,3)12(6)9(14)7-11(4)5;1-9(2,8(13)14)11(5)7(12)6-10(3)4;1-7(12)9(2,3)11(5)8(13)6-10-4;1-2;/h7H2,1-6H3;6H2,1-5H3,(H,13,14);10H,6H2,1-5H3;1-2H3;1H4. The summed E-state index contributed by atoms with van der Waals surface area (Å²) in [4.78, 5) is 75.6. The Bertz CT molecular complexity index is 865. The number of ketones is 2. The molecule has 0 fully saturated rings. The molecule has 0 bridgehead atoms. The van der Waals surface area contributed by atoms with E-state index in [4.69, 9.17) is 5.11 Å². The van der Waals surface area contributed by atoms with E-state index in [1.165, 1.54) is 49.4 Å². The monoisotopic (exact) mass is 634 g/mol. The summed E-state index contributed by atoms with van der Waals surface area (Å²) in [6, 6.07) is 0. The molecular formula is C31H66N6O7. The zero-order valence-electron chi connectivity index (χ0n) is 30.3. The van der Waals surface area contributed by atoms with Crippen LogP contribution in [-0.2, 0) is 28.8 Å². The summed E-state index contributed by atoms with van der Waals surface area (Å²) in [6.07, 6.45) is 0. The molecular weight excluding hydrogens is 568 g/mol. The lowest BCUT2D eigenvalue weighted by molar-refractivity contribution is -0.155. The molecule has 0 saturated heterocycles. The van der Waals surface area contributed by atoms with Gasteiger partial charge in [-0.2, -0.15) is 0 Å². The normalized spacial score (nSPS) is 10.8. The Labute approximate surface area is 268 Å². The van der Waals surface area contributed by atoms with Crippen LogP contribution in [0.3, 0.4) is 0 Å². The first kappa shape index (κ1) is 50.7. The zero-order valence-corrected chi connectivity index (χ0v) is 30.3. The maximum atomic E-state index is 11.6. The second-order valence-corrected chi connectivity index (χ2v) is 12.0. The summed E-state index contributed by atoms with van der Waals surface area (Å²) in [5.74, 6) is -1.36. The Morgan fingerprint density at radius 2 is 0.818 bits per heavy atom. The molecule has 0 aliphatic carbocycles. The Kier molecular flexibility index (Phi) is 26.0. The molecule has 13 nitrogen and oxygen atoms in total. The van der Waals surface area contributed by atoms with E-state index in [1.54, 1.807) is 72.7 Å². The number of nitrogens with one attached hydrogen (secondary N) is 1. The van der Waals surface area contributed by atoms with Gasteiger partial charge in [0.2, 0.25) is 17.7 Å². The van der Waals surface area contributed by atoms with Crippen LogP contribution in [-0.4, -0.2) is 157 Å². The molecule has 0 unspecified atom stereocenters. The summed E-state index contributed by atoms with van der Waals surface area (Å²) in [5, 5.41) is 11.6. The molecule has 0 saturated carbocycles. The number of carboxylic acid groups (broad SMARTS) is 1. The van der Waals surface area contributed by atoms with Gasteiger partial charge in [0, 0.05) is 21.1 Å². The Balaban J connectivity index is -0.000000166. The number of amides is 3. The van der Waals surface area contributed by atoms with E-state index in [-0.39, 0.29) is 49.8 Å². The van der Waals surface area contributed by atoms with Crippen LogP contribution in [0.15, 0.2) is 0 Å². The van der Waals surface area contributed by atoms with Gasteiger partial charge in [-0.25, -0.2) is 4.79 Å². The zero-order chi connectivity index (χ0) is 35.7. The molecule has 0 spiro atoms. The molecule has 0 aliphatic rings. The van der Waals surface area contributed by atoms with Gasteiger partial charge >= 0.3 is 5.97 Å². The van der Waals surface area contributed by atoms with Crippen LogP contribution in [0.1, 0.15) is 76.7 Å². The number of aliphatic carboxylic acids is 1. The number of rotatable bonds is 12. The van der Waals surface area contributed by atoms with E-state index in [1.807, 2.05) is 27.9 Å². The minimum Gasteiger partial charge on any atom is -0.480 e. The van der Waals surface area contributed by atoms with E-state index in [0.717, 1.165) is 0 Å². The highest BCUT2D eigenvalue weighted by molar-refractivity contribution is 5.91. The average molecular weight is 635 g/mol. The van der Waals surface area contributed by atoms with Crippen molar-refractivity contribution in [3.8, 4) is 0 Å². The number of carbonyl (C=O) groups excluding carboxylic acids is 5. The fourth-order valence-corrected chi connectivity index (χ4v) is 2.57. The number of nitrogens with zero attached hydrogens (tertiary/aromatic N) is 5. The second kappa shape index (κ2) is 22.6. The third-order valence-corrected chi connectivity index (χ3v) is 7.12. The molecule has 0 aliphatic heterocycles. The van der Waals surface area contributed by atoms with Gasteiger partial charge in [-0.05, 0) is 90.6 Å². The predicted molar refractivity (Wildman–Crippen MR) is 179 cm³/mol. The van der Waals surface area contributed by atoms with Gasteiger partial charge in [0.05, 0.1) is 30.7 Å². The lowest BCUT2D eigenvalue weighted by Gasteiger charge is -2.34. The molecule has 0 aromatic heterocycles. The Hall–Kier alpha value is -2.90. The number of hydrogen-bond acceptors (Lipinski definition) is 9. The lowest BCUT2D eigenvalue weighted by atomic mass is 9.98. The van der Waals surface area contributed by atoms with Gasteiger partial charge in [0.1, 0.15) is 5.54 Å². The van der Waals surface area contributed by atoms with Crippen molar-refractivity contribution in [3.05, 3.63) is 0 Å². The molecule has 13 heteroatoms. The molecule has 262 valence electrons. The van der Waals surface area contributed by atoms with E-state index < -0.39 is 22.6 Å². The van der Waals surface area contributed by atoms with Gasteiger partial charge in [0.25, 0.3) is 0 Å². The van der Waals surface area contributed by atoms with Gasteiger partial charge < -0.3 is 34.9 Å². The molecule has 0 aromatic rings. The molecule has 2 N–H and O–H groups in total. The molecule has 3 amide bonds. The van der Waals surface area contributed by atoms with Crippen LogP contribution >= 0.6 is 0 Å². The largest absolute Gasteiger partial charge is 0.480 e. The second-order valence-electron chi connectivity index (χ2n) is 12.0. The summed E-state index contributed by atoms with van der Waals surface area (Å²) in [6.45, 7) is 17.8. The van der Waals surface area contributed by atoms with E-state index in [2.05, 4.69) is 5.32 Å².